The van der Waals surface area contributed by atoms with Crippen LogP contribution in [-0.4, -0.2) is 46.3 Å². The van der Waals surface area contributed by atoms with Gasteiger partial charge in [-0.3, -0.25) is 0 Å². The molecule has 226 valence electrons. The van der Waals surface area contributed by atoms with E-state index < -0.39 is 46.3 Å². The average Bonchev–Trinajstić information content (AvgIpc) is 2.76. The Morgan fingerprint density at radius 1 is 0.357 bits per heavy atom. The second-order valence-electron chi connectivity index (χ2n) is 14.3. The van der Waals surface area contributed by atoms with Crippen LogP contribution >= 0.6 is 0 Å². The molecule has 8 nitrogen and oxygen atoms in total. The fourth-order valence-electron chi connectivity index (χ4n) is 4.11. The lowest BCUT2D eigenvalue weighted by Gasteiger charge is -2.23. The van der Waals surface area contributed by atoms with Crippen LogP contribution in [0, 0.1) is 0 Å². The minimum Gasteiger partial charge on any atom is -0.456 e. The standard InChI is InChI=1S/C34H42O8/c1-31(2,3)39-27(35)23-15-19-13-21-17-25(29(37)41-33(7,8)9)26(30(38)42-34(10,11)12)18-22(21)14-20(19)16-24(23)28(36)40-32(4,5)6/h13-18H,1-12H3. The van der Waals surface area contributed by atoms with Crippen molar-refractivity contribution in [1.29, 1.82) is 0 Å². The number of carbonyl (C=O) groups excluding carboxylic acids is 4. The van der Waals surface area contributed by atoms with Gasteiger partial charge in [-0.2, -0.15) is 0 Å². The third-order valence-corrected chi connectivity index (χ3v) is 5.54. The second-order valence-corrected chi connectivity index (χ2v) is 14.3. The molecule has 42 heavy (non-hydrogen) atoms. The molecule has 0 spiro atoms. The molecule has 3 aromatic rings. The van der Waals surface area contributed by atoms with Crippen LogP contribution in [0.2, 0.25) is 0 Å². The first-order valence-electron chi connectivity index (χ1n) is 13.9. The summed E-state index contributed by atoms with van der Waals surface area (Å²) in [6.45, 7) is 20.9. The van der Waals surface area contributed by atoms with E-state index in [1.165, 1.54) is 0 Å². The Balaban J connectivity index is 2.31. The molecule has 0 aliphatic rings. The van der Waals surface area contributed by atoms with Gasteiger partial charge in [0.05, 0.1) is 22.3 Å². The highest BCUT2D eigenvalue weighted by Gasteiger charge is 2.29. The lowest BCUT2D eigenvalue weighted by Crippen LogP contribution is -2.28. The summed E-state index contributed by atoms with van der Waals surface area (Å²) in [5.41, 5.74) is -2.93. The largest absolute Gasteiger partial charge is 0.456 e. The van der Waals surface area contributed by atoms with E-state index in [0.29, 0.717) is 21.5 Å². The molecule has 3 aromatic carbocycles. The van der Waals surface area contributed by atoms with E-state index in [1.54, 1.807) is 119 Å². The van der Waals surface area contributed by atoms with Crippen LogP contribution in [0.15, 0.2) is 36.4 Å². The Kier molecular flexibility index (Phi) is 8.56. The highest BCUT2D eigenvalue weighted by Crippen LogP contribution is 2.31. The summed E-state index contributed by atoms with van der Waals surface area (Å²) in [4.78, 5) is 52.9. The van der Waals surface area contributed by atoms with Crippen LogP contribution < -0.4 is 0 Å². The third-order valence-electron chi connectivity index (χ3n) is 5.54. The van der Waals surface area contributed by atoms with Crippen molar-refractivity contribution in [1.82, 2.24) is 0 Å². The summed E-state index contributed by atoms with van der Waals surface area (Å²) in [6.07, 6.45) is 0. The van der Waals surface area contributed by atoms with Gasteiger partial charge in [-0.25, -0.2) is 19.2 Å². The molecule has 0 N–H and O–H groups in total. The molecule has 8 heteroatoms. The predicted molar refractivity (Wildman–Crippen MR) is 162 cm³/mol. The molecule has 0 bridgehead atoms. The van der Waals surface area contributed by atoms with Crippen molar-refractivity contribution in [3.05, 3.63) is 58.7 Å². The number of rotatable bonds is 4. The van der Waals surface area contributed by atoms with Crippen molar-refractivity contribution in [2.75, 3.05) is 0 Å². The maximum absolute atomic E-state index is 13.2. The van der Waals surface area contributed by atoms with Crippen LogP contribution in [0.1, 0.15) is 125 Å². The summed E-state index contributed by atoms with van der Waals surface area (Å²) < 4.78 is 22.4. The van der Waals surface area contributed by atoms with Gasteiger partial charge in [0.1, 0.15) is 22.4 Å². The Labute approximate surface area is 247 Å². The third kappa shape index (κ3) is 8.54. The zero-order valence-electron chi connectivity index (χ0n) is 26.7. The minimum atomic E-state index is -0.791. The lowest BCUT2D eigenvalue weighted by molar-refractivity contribution is 0.00190. The van der Waals surface area contributed by atoms with Crippen LogP contribution in [0.25, 0.3) is 21.5 Å². The van der Waals surface area contributed by atoms with Crippen molar-refractivity contribution < 1.29 is 38.1 Å². The van der Waals surface area contributed by atoms with Crippen molar-refractivity contribution in [2.45, 2.75) is 105 Å². The zero-order chi connectivity index (χ0) is 32.0. The topological polar surface area (TPSA) is 105 Å². The van der Waals surface area contributed by atoms with E-state index >= 15 is 0 Å². The minimum absolute atomic E-state index is 0.0590. The highest BCUT2D eigenvalue weighted by atomic mass is 16.6. The molecule has 0 radical (unpaired) electrons. The van der Waals surface area contributed by atoms with Crippen molar-refractivity contribution in [3.63, 3.8) is 0 Å². The molecule has 0 fully saturated rings. The molecule has 0 aliphatic carbocycles. The Hall–Kier alpha value is -3.94. The van der Waals surface area contributed by atoms with E-state index in [1.807, 2.05) is 0 Å². The van der Waals surface area contributed by atoms with E-state index in [9.17, 15) is 19.2 Å². The predicted octanol–water partition coefficient (Wildman–Crippen LogP) is 7.81. The van der Waals surface area contributed by atoms with Gasteiger partial charge < -0.3 is 18.9 Å². The summed E-state index contributed by atoms with van der Waals surface area (Å²) in [5.74, 6) is -2.67. The van der Waals surface area contributed by atoms with Crippen LogP contribution in [0.3, 0.4) is 0 Å². The lowest BCUT2D eigenvalue weighted by atomic mass is 9.94. The average molecular weight is 579 g/mol. The molecular weight excluding hydrogens is 536 g/mol. The van der Waals surface area contributed by atoms with Crippen molar-refractivity contribution >= 4 is 45.4 Å². The summed E-state index contributed by atoms with van der Waals surface area (Å²) >= 11 is 0. The molecule has 0 atom stereocenters. The summed E-state index contributed by atoms with van der Waals surface area (Å²) in [5, 5.41) is 2.48. The molecule has 3 rings (SSSR count). The maximum atomic E-state index is 13.2. The number of benzene rings is 3. The van der Waals surface area contributed by atoms with Gasteiger partial charge in [0, 0.05) is 0 Å². The normalized spacial score (nSPS) is 12.7. The van der Waals surface area contributed by atoms with Crippen LogP contribution in [0.5, 0.6) is 0 Å². The molecule has 0 saturated heterocycles. The second kappa shape index (κ2) is 11.0. The molecule has 0 heterocycles. The fraction of sp³-hybridized carbons (Fsp3) is 0.471. The Morgan fingerprint density at radius 3 is 0.667 bits per heavy atom. The van der Waals surface area contributed by atoms with Crippen molar-refractivity contribution in [2.24, 2.45) is 0 Å². The van der Waals surface area contributed by atoms with Gasteiger partial charge in [-0.1, -0.05) is 0 Å². The van der Waals surface area contributed by atoms with Crippen molar-refractivity contribution in [3.8, 4) is 0 Å². The number of esters is 4. The van der Waals surface area contributed by atoms with E-state index in [0.717, 1.165) is 0 Å². The molecule has 0 unspecified atom stereocenters. The quantitative estimate of drug-likeness (QED) is 0.175. The Morgan fingerprint density at radius 2 is 0.524 bits per heavy atom. The molecule has 0 saturated carbocycles. The first kappa shape index (κ1) is 32.6. The molecule has 0 aromatic heterocycles. The number of hydrogen-bond acceptors (Lipinski definition) is 8. The zero-order valence-corrected chi connectivity index (χ0v) is 26.7. The molecule has 0 aliphatic heterocycles. The SMILES string of the molecule is CC(C)(C)OC(=O)c1cc2cc3cc(C(=O)OC(C)(C)C)c(C(=O)OC(C)(C)C)cc3cc2cc1C(=O)OC(C)(C)C. The first-order chi connectivity index (χ1) is 18.9. The molecular formula is C34H42O8. The van der Waals surface area contributed by atoms with Gasteiger partial charge in [0.15, 0.2) is 0 Å². The number of carbonyl (C=O) groups is 4. The van der Waals surface area contributed by atoms with Crippen LogP contribution in [-0.2, 0) is 18.9 Å². The molecule has 0 amide bonds. The van der Waals surface area contributed by atoms with Gasteiger partial charge in [-0.15, -0.1) is 0 Å². The smallest absolute Gasteiger partial charge is 0.339 e. The first-order valence-corrected chi connectivity index (χ1v) is 13.9. The Bertz CT molecular complexity index is 1340. The number of hydrogen-bond donors (Lipinski definition) is 0. The van der Waals surface area contributed by atoms with Gasteiger partial charge in [0.2, 0.25) is 0 Å². The monoisotopic (exact) mass is 578 g/mol. The van der Waals surface area contributed by atoms with E-state index in [4.69, 9.17) is 18.9 Å². The van der Waals surface area contributed by atoms with Gasteiger partial charge in [0.25, 0.3) is 0 Å². The fourth-order valence-corrected chi connectivity index (χ4v) is 4.11. The van der Waals surface area contributed by atoms with Gasteiger partial charge >= 0.3 is 23.9 Å². The number of ether oxygens (including phenoxy) is 4. The van der Waals surface area contributed by atoms with Gasteiger partial charge in [-0.05, 0) is 141 Å². The summed E-state index contributed by atoms with van der Waals surface area (Å²) in [7, 11) is 0. The highest BCUT2D eigenvalue weighted by molar-refractivity contribution is 6.12. The summed E-state index contributed by atoms with van der Waals surface area (Å²) in [6, 6.07) is 9.89. The maximum Gasteiger partial charge on any atom is 0.339 e. The van der Waals surface area contributed by atoms with Crippen LogP contribution in [0.4, 0.5) is 0 Å². The number of fused-ring (bicyclic) bond motifs is 2. The van der Waals surface area contributed by atoms with E-state index in [-0.39, 0.29) is 22.3 Å². The van der Waals surface area contributed by atoms with E-state index in [2.05, 4.69) is 0 Å².